The van der Waals surface area contributed by atoms with Crippen molar-refractivity contribution < 1.29 is 9.59 Å². The first-order valence-electron chi connectivity index (χ1n) is 7.65. The van der Waals surface area contributed by atoms with Gasteiger partial charge in [-0.1, -0.05) is 25.1 Å². The summed E-state index contributed by atoms with van der Waals surface area (Å²) in [6.45, 7) is 4.30. The van der Waals surface area contributed by atoms with Crippen LogP contribution in [0.4, 0.5) is 5.69 Å². The van der Waals surface area contributed by atoms with Gasteiger partial charge in [0.15, 0.2) is 0 Å². The van der Waals surface area contributed by atoms with Gasteiger partial charge in [0, 0.05) is 13.1 Å². The molecule has 24 heavy (non-hydrogen) atoms. The molecule has 0 saturated heterocycles. The smallest absolute Gasteiger partial charge is 0.265 e. The standard InChI is InChI=1S/C17H21N3O2S.ClH/c1-2-9-18-10-11-19-16(21)13-6-3-4-7-14(13)20-17(22)15-8-5-12-23-15;/h3-8,12,18H,2,9-11H2,1H3,(H,19,21)(H,20,22);1H. The zero-order valence-corrected chi connectivity index (χ0v) is 15.1. The van der Waals surface area contributed by atoms with Crippen LogP contribution in [-0.2, 0) is 0 Å². The van der Waals surface area contributed by atoms with Crippen LogP contribution >= 0.6 is 23.7 Å². The average molecular weight is 368 g/mol. The molecule has 0 spiro atoms. The number of amides is 2. The summed E-state index contributed by atoms with van der Waals surface area (Å²) < 4.78 is 0. The lowest BCUT2D eigenvalue weighted by atomic mass is 10.1. The fourth-order valence-electron chi connectivity index (χ4n) is 2.04. The van der Waals surface area contributed by atoms with E-state index >= 15 is 0 Å². The molecule has 130 valence electrons. The first kappa shape index (κ1) is 20.2. The molecule has 0 unspecified atom stereocenters. The summed E-state index contributed by atoms with van der Waals surface area (Å²) in [5, 5.41) is 10.7. The minimum atomic E-state index is -0.204. The second-order valence-electron chi connectivity index (χ2n) is 4.98. The molecule has 2 rings (SSSR count). The van der Waals surface area contributed by atoms with E-state index in [1.807, 2.05) is 11.4 Å². The van der Waals surface area contributed by atoms with E-state index in [9.17, 15) is 9.59 Å². The van der Waals surface area contributed by atoms with Crippen molar-refractivity contribution in [2.24, 2.45) is 0 Å². The average Bonchev–Trinajstić information content (AvgIpc) is 3.09. The number of benzene rings is 1. The third-order valence-corrected chi connectivity index (χ3v) is 4.05. The largest absolute Gasteiger partial charge is 0.351 e. The molecule has 3 N–H and O–H groups in total. The zero-order chi connectivity index (χ0) is 16.5. The number of rotatable bonds is 8. The molecule has 2 amide bonds. The maximum absolute atomic E-state index is 12.3. The van der Waals surface area contributed by atoms with Gasteiger partial charge in [0.1, 0.15) is 0 Å². The number of nitrogens with one attached hydrogen (secondary N) is 3. The molecule has 5 nitrogen and oxygen atoms in total. The Hall–Kier alpha value is -1.89. The van der Waals surface area contributed by atoms with Gasteiger partial charge in [-0.3, -0.25) is 9.59 Å². The van der Waals surface area contributed by atoms with Gasteiger partial charge in [0.05, 0.1) is 16.1 Å². The Labute approximate surface area is 152 Å². The number of para-hydroxylation sites is 1. The lowest BCUT2D eigenvalue weighted by Crippen LogP contribution is -2.32. The van der Waals surface area contributed by atoms with E-state index in [4.69, 9.17) is 0 Å². The van der Waals surface area contributed by atoms with Crippen molar-refractivity contribution in [3.8, 4) is 0 Å². The van der Waals surface area contributed by atoms with E-state index in [1.54, 1.807) is 30.3 Å². The Morgan fingerprint density at radius 1 is 1.00 bits per heavy atom. The first-order chi connectivity index (χ1) is 11.2. The molecule has 2 aromatic rings. The summed E-state index contributed by atoms with van der Waals surface area (Å²) in [5.41, 5.74) is 0.984. The number of hydrogen-bond donors (Lipinski definition) is 3. The molecular formula is C17H22ClN3O2S. The molecule has 7 heteroatoms. The number of carbonyl (C=O) groups is 2. The molecular weight excluding hydrogens is 346 g/mol. The topological polar surface area (TPSA) is 70.2 Å². The second kappa shape index (κ2) is 10.8. The highest BCUT2D eigenvalue weighted by Gasteiger charge is 2.14. The van der Waals surface area contributed by atoms with Crippen LogP contribution in [0.15, 0.2) is 41.8 Å². The maximum atomic E-state index is 12.3. The van der Waals surface area contributed by atoms with Crippen molar-refractivity contribution in [2.45, 2.75) is 13.3 Å². The highest BCUT2D eigenvalue weighted by molar-refractivity contribution is 7.12. The Kier molecular flexibility index (Phi) is 9.07. The van der Waals surface area contributed by atoms with Crippen molar-refractivity contribution in [3.63, 3.8) is 0 Å². The van der Waals surface area contributed by atoms with E-state index in [1.165, 1.54) is 11.3 Å². The predicted octanol–water partition coefficient (Wildman–Crippen LogP) is 3.15. The number of halogens is 1. The lowest BCUT2D eigenvalue weighted by Gasteiger charge is -2.11. The van der Waals surface area contributed by atoms with Crippen LogP contribution in [0.1, 0.15) is 33.4 Å². The summed E-state index contributed by atoms with van der Waals surface area (Å²) in [7, 11) is 0. The van der Waals surface area contributed by atoms with E-state index in [0.29, 0.717) is 22.7 Å². The Bertz CT molecular complexity index is 647. The van der Waals surface area contributed by atoms with Crippen LogP contribution in [0.25, 0.3) is 0 Å². The van der Waals surface area contributed by atoms with Crippen LogP contribution in [0.5, 0.6) is 0 Å². The third kappa shape index (κ3) is 5.96. The molecule has 0 aliphatic rings. The van der Waals surface area contributed by atoms with Crippen molar-refractivity contribution in [3.05, 3.63) is 52.2 Å². The summed E-state index contributed by atoms with van der Waals surface area (Å²) in [6, 6.07) is 10.6. The molecule has 1 aromatic carbocycles. The van der Waals surface area contributed by atoms with Crippen LogP contribution in [0.3, 0.4) is 0 Å². The summed E-state index contributed by atoms with van der Waals surface area (Å²) in [6.07, 6.45) is 1.06. The van der Waals surface area contributed by atoms with Gasteiger partial charge in [-0.05, 0) is 36.5 Å². The highest BCUT2D eigenvalue weighted by Crippen LogP contribution is 2.17. The fourth-order valence-corrected chi connectivity index (χ4v) is 2.66. The molecule has 0 fully saturated rings. The van der Waals surface area contributed by atoms with Gasteiger partial charge in [-0.25, -0.2) is 0 Å². The molecule has 0 saturated carbocycles. The maximum Gasteiger partial charge on any atom is 0.265 e. The predicted molar refractivity (Wildman–Crippen MR) is 101 cm³/mol. The van der Waals surface area contributed by atoms with Crippen LogP contribution < -0.4 is 16.0 Å². The van der Waals surface area contributed by atoms with Gasteiger partial charge in [-0.2, -0.15) is 0 Å². The minimum absolute atomic E-state index is 0. The SMILES string of the molecule is CCCNCCNC(=O)c1ccccc1NC(=O)c1cccs1.Cl. The number of hydrogen-bond acceptors (Lipinski definition) is 4. The van der Waals surface area contributed by atoms with Gasteiger partial charge in [0.2, 0.25) is 0 Å². The third-order valence-electron chi connectivity index (χ3n) is 3.18. The molecule has 0 atom stereocenters. The molecule has 1 aromatic heterocycles. The molecule has 0 aliphatic carbocycles. The van der Waals surface area contributed by atoms with Gasteiger partial charge in [0.25, 0.3) is 11.8 Å². The second-order valence-corrected chi connectivity index (χ2v) is 5.93. The molecule has 0 radical (unpaired) electrons. The van der Waals surface area contributed by atoms with E-state index in [2.05, 4.69) is 22.9 Å². The van der Waals surface area contributed by atoms with Crippen molar-refractivity contribution in [1.82, 2.24) is 10.6 Å². The quantitative estimate of drug-likeness (QED) is 0.628. The number of carbonyl (C=O) groups excluding carboxylic acids is 2. The Morgan fingerprint density at radius 3 is 2.50 bits per heavy atom. The monoisotopic (exact) mass is 367 g/mol. The fraction of sp³-hybridized carbons (Fsp3) is 0.294. The van der Waals surface area contributed by atoms with Gasteiger partial charge in [-0.15, -0.1) is 23.7 Å². The normalized spacial score (nSPS) is 9.88. The van der Waals surface area contributed by atoms with Crippen molar-refractivity contribution in [2.75, 3.05) is 25.0 Å². The Balaban J connectivity index is 0.00000288. The minimum Gasteiger partial charge on any atom is -0.351 e. The van der Waals surface area contributed by atoms with Crippen molar-refractivity contribution in [1.29, 1.82) is 0 Å². The van der Waals surface area contributed by atoms with E-state index in [0.717, 1.165) is 19.5 Å². The van der Waals surface area contributed by atoms with E-state index < -0.39 is 0 Å². The van der Waals surface area contributed by atoms with Crippen LogP contribution in [0, 0.1) is 0 Å². The van der Waals surface area contributed by atoms with Gasteiger partial charge < -0.3 is 16.0 Å². The molecule has 0 aliphatic heterocycles. The highest BCUT2D eigenvalue weighted by atomic mass is 35.5. The van der Waals surface area contributed by atoms with Crippen LogP contribution in [-0.4, -0.2) is 31.4 Å². The summed E-state index contributed by atoms with van der Waals surface area (Å²) in [5.74, 6) is -0.393. The summed E-state index contributed by atoms with van der Waals surface area (Å²) in [4.78, 5) is 25.0. The first-order valence-corrected chi connectivity index (χ1v) is 8.53. The van der Waals surface area contributed by atoms with Crippen molar-refractivity contribution >= 4 is 41.2 Å². The zero-order valence-electron chi connectivity index (χ0n) is 13.5. The lowest BCUT2D eigenvalue weighted by molar-refractivity contribution is 0.0955. The van der Waals surface area contributed by atoms with E-state index in [-0.39, 0.29) is 24.2 Å². The Morgan fingerprint density at radius 2 is 1.79 bits per heavy atom. The molecule has 0 bridgehead atoms. The van der Waals surface area contributed by atoms with Crippen LogP contribution in [0.2, 0.25) is 0 Å². The molecule has 1 heterocycles. The summed E-state index contributed by atoms with van der Waals surface area (Å²) >= 11 is 1.37. The number of anilines is 1. The number of thiophene rings is 1. The van der Waals surface area contributed by atoms with Gasteiger partial charge >= 0.3 is 0 Å².